The van der Waals surface area contributed by atoms with E-state index in [0.717, 1.165) is 10.0 Å². The number of benzene rings is 2. The van der Waals surface area contributed by atoms with Crippen LogP contribution in [0.5, 0.6) is 17.2 Å². The lowest BCUT2D eigenvalue weighted by atomic mass is 9.95. The number of nitrogens with zero attached hydrogens (tertiary/aromatic N) is 2. The molecule has 8 nitrogen and oxygen atoms in total. The predicted octanol–water partition coefficient (Wildman–Crippen LogP) is 4.37. The summed E-state index contributed by atoms with van der Waals surface area (Å²) in [5, 5.41) is 0. The largest absolute Gasteiger partial charge is 0.496 e. The number of carbonyl (C=O) groups is 1. The number of rotatable bonds is 8. The van der Waals surface area contributed by atoms with Gasteiger partial charge in [-0.3, -0.25) is 9.36 Å². The highest BCUT2D eigenvalue weighted by molar-refractivity contribution is 9.10. The molecule has 0 saturated heterocycles. The lowest BCUT2D eigenvalue weighted by molar-refractivity contribution is -0.143. The second-order valence-electron chi connectivity index (χ2n) is 8.77. The van der Waals surface area contributed by atoms with Crippen molar-refractivity contribution in [3.63, 3.8) is 0 Å². The number of thiazole rings is 1. The summed E-state index contributed by atoms with van der Waals surface area (Å²) >= 11 is 4.77. The van der Waals surface area contributed by atoms with Gasteiger partial charge in [-0.25, -0.2) is 9.79 Å². The van der Waals surface area contributed by atoms with Gasteiger partial charge in [0.2, 0.25) is 0 Å². The third-order valence-corrected chi connectivity index (χ3v) is 7.33. The molecule has 0 fully saturated rings. The van der Waals surface area contributed by atoms with Gasteiger partial charge < -0.3 is 18.9 Å². The van der Waals surface area contributed by atoms with Crippen molar-refractivity contribution in [3.05, 3.63) is 83.0 Å². The summed E-state index contributed by atoms with van der Waals surface area (Å²) in [5.74, 6) is 1.20. The van der Waals surface area contributed by atoms with Crippen LogP contribution in [0, 0.1) is 0 Å². The third-order valence-electron chi connectivity index (χ3n) is 5.86. The Morgan fingerprint density at radius 3 is 2.50 bits per heavy atom. The van der Waals surface area contributed by atoms with E-state index in [0.29, 0.717) is 44.4 Å². The maximum absolute atomic E-state index is 13.9. The second-order valence-corrected chi connectivity index (χ2v) is 10.7. The molecular weight excluding hydrogens is 572 g/mol. The molecular formula is C28H29BrN2O6S. The number of hydrogen-bond donors (Lipinski definition) is 0. The second kappa shape index (κ2) is 11.6. The first-order chi connectivity index (χ1) is 18.2. The van der Waals surface area contributed by atoms with Gasteiger partial charge in [0.15, 0.2) is 16.3 Å². The number of hydrogen-bond acceptors (Lipinski definition) is 8. The van der Waals surface area contributed by atoms with Crippen LogP contribution in [-0.2, 0) is 9.53 Å². The average Bonchev–Trinajstić information content (AvgIpc) is 3.17. The summed E-state index contributed by atoms with van der Waals surface area (Å²) in [6.07, 6.45) is 1.44. The Labute approximate surface area is 233 Å². The van der Waals surface area contributed by atoms with Gasteiger partial charge in [0.25, 0.3) is 5.56 Å². The highest BCUT2D eigenvalue weighted by Crippen LogP contribution is 2.37. The van der Waals surface area contributed by atoms with Gasteiger partial charge >= 0.3 is 5.97 Å². The van der Waals surface area contributed by atoms with E-state index in [2.05, 4.69) is 20.9 Å². The first-order valence-electron chi connectivity index (χ1n) is 12.1. The SMILES string of the molecule is CCOc1cc(/C=c2\sc3n(c2=O)[C@@H](c2cc(Br)ccc2OC)C(C(=O)OC(C)C)=C(C)N=3)ccc1OC. The number of esters is 1. The smallest absolute Gasteiger partial charge is 0.338 e. The van der Waals surface area contributed by atoms with E-state index in [-0.39, 0.29) is 17.2 Å². The third kappa shape index (κ3) is 5.42. The summed E-state index contributed by atoms with van der Waals surface area (Å²) < 4.78 is 25.1. The maximum Gasteiger partial charge on any atom is 0.338 e. The number of allylic oxidation sites excluding steroid dienone is 1. The van der Waals surface area contributed by atoms with Crippen molar-refractivity contribution >= 4 is 39.3 Å². The van der Waals surface area contributed by atoms with E-state index in [4.69, 9.17) is 18.9 Å². The van der Waals surface area contributed by atoms with Gasteiger partial charge in [-0.1, -0.05) is 33.3 Å². The van der Waals surface area contributed by atoms with Crippen LogP contribution in [0.3, 0.4) is 0 Å². The van der Waals surface area contributed by atoms with Crippen LogP contribution in [0.4, 0.5) is 0 Å². The number of methoxy groups -OCH3 is 2. The standard InChI is InChI=1S/C28H29BrN2O6S/c1-7-36-22-12-17(8-10-21(22)35-6)13-23-26(32)31-25(19-14-18(29)9-11-20(19)34-5)24(27(33)37-15(2)3)16(4)30-28(31)38-23/h8-15,25H,7H2,1-6H3/b23-13-/t25-/m0/s1. The number of ether oxygens (including phenoxy) is 4. The van der Waals surface area contributed by atoms with Crippen LogP contribution in [-0.4, -0.2) is 37.5 Å². The minimum Gasteiger partial charge on any atom is -0.496 e. The van der Waals surface area contributed by atoms with Gasteiger partial charge in [-0.05, 0) is 69.7 Å². The Bertz CT molecular complexity index is 1590. The molecule has 0 N–H and O–H groups in total. The summed E-state index contributed by atoms with van der Waals surface area (Å²) in [6.45, 7) is 7.69. The minimum absolute atomic E-state index is 0.281. The van der Waals surface area contributed by atoms with E-state index in [1.807, 2.05) is 31.2 Å². The monoisotopic (exact) mass is 600 g/mol. The van der Waals surface area contributed by atoms with Crippen molar-refractivity contribution < 1.29 is 23.7 Å². The molecule has 0 saturated carbocycles. The lowest BCUT2D eigenvalue weighted by Gasteiger charge is -2.26. The summed E-state index contributed by atoms with van der Waals surface area (Å²) in [4.78, 5) is 32.4. The maximum atomic E-state index is 13.9. The van der Waals surface area contributed by atoms with Crippen molar-refractivity contribution in [2.75, 3.05) is 20.8 Å². The molecule has 200 valence electrons. The Balaban J connectivity index is 1.96. The average molecular weight is 602 g/mol. The van der Waals surface area contributed by atoms with E-state index >= 15 is 0 Å². The van der Waals surface area contributed by atoms with Gasteiger partial charge in [-0.15, -0.1) is 0 Å². The molecule has 0 unspecified atom stereocenters. The van der Waals surface area contributed by atoms with E-state index in [9.17, 15) is 9.59 Å². The zero-order chi connectivity index (χ0) is 27.6. The molecule has 0 aliphatic carbocycles. The highest BCUT2D eigenvalue weighted by Gasteiger charge is 2.35. The number of carbonyl (C=O) groups excluding carboxylic acids is 1. The van der Waals surface area contributed by atoms with Crippen molar-refractivity contribution in [2.45, 2.75) is 39.8 Å². The normalized spacial score (nSPS) is 15.3. The van der Waals surface area contributed by atoms with Crippen molar-refractivity contribution in [3.8, 4) is 17.2 Å². The van der Waals surface area contributed by atoms with Crippen molar-refractivity contribution in [2.24, 2.45) is 4.99 Å². The number of aromatic nitrogens is 1. The first-order valence-corrected chi connectivity index (χ1v) is 13.7. The van der Waals surface area contributed by atoms with E-state index in [1.165, 1.54) is 15.9 Å². The van der Waals surface area contributed by atoms with Gasteiger partial charge in [0.05, 0.1) is 42.7 Å². The van der Waals surface area contributed by atoms with Crippen molar-refractivity contribution in [1.82, 2.24) is 4.57 Å². The molecule has 1 aromatic heterocycles. The van der Waals surface area contributed by atoms with Crippen LogP contribution in [0.1, 0.15) is 44.9 Å². The molecule has 3 aromatic rings. The fourth-order valence-corrected chi connectivity index (χ4v) is 5.70. The van der Waals surface area contributed by atoms with Gasteiger partial charge in [0, 0.05) is 10.0 Å². The quantitative estimate of drug-likeness (QED) is 0.357. The molecule has 2 aromatic carbocycles. The Hall–Kier alpha value is -3.37. The molecule has 1 aliphatic heterocycles. The molecule has 1 atom stereocenters. The summed E-state index contributed by atoms with van der Waals surface area (Å²) in [7, 11) is 3.13. The van der Waals surface area contributed by atoms with Crippen LogP contribution >= 0.6 is 27.3 Å². The summed E-state index contributed by atoms with van der Waals surface area (Å²) in [5.41, 5.74) is 1.90. The highest BCUT2D eigenvalue weighted by atomic mass is 79.9. The number of halogens is 1. The molecule has 0 bridgehead atoms. The van der Waals surface area contributed by atoms with Crippen LogP contribution in [0.2, 0.25) is 0 Å². The van der Waals surface area contributed by atoms with Crippen LogP contribution in [0.25, 0.3) is 6.08 Å². The minimum atomic E-state index is -0.790. The topological polar surface area (TPSA) is 88.4 Å². The number of fused-ring (bicyclic) bond motifs is 1. The zero-order valence-electron chi connectivity index (χ0n) is 22.0. The Kier molecular flexibility index (Phi) is 8.42. The lowest BCUT2D eigenvalue weighted by Crippen LogP contribution is -2.40. The fourth-order valence-electron chi connectivity index (χ4n) is 4.28. The predicted molar refractivity (Wildman–Crippen MR) is 150 cm³/mol. The molecule has 38 heavy (non-hydrogen) atoms. The Morgan fingerprint density at radius 1 is 1.13 bits per heavy atom. The van der Waals surface area contributed by atoms with Gasteiger partial charge in [0.1, 0.15) is 11.8 Å². The summed E-state index contributed by atoms with van der Waals surface area (Å²) in [6, 6.07) is 10.2. The first kappa shape index (κ1) is 27.7. The van der Waals surface area contributed by atoms with E-state index < -0.39 is 12.0 Å². The molecule has 0 radical (unpaired) electrons. The molecule has 0 spiro atoms. The molecule has 1 aliphatic rings. The van der Waals surface area contributed by atoms with Gasteiger partial charge in [-0.2, -0.15) is 0 Å². The zero-order valence-corrected chi connectivity index (χ0v) is 24.4. The molecule has 2 heterocycles. The fraction of sp³-hybridized carbons (Fsp3) is 0.321. The van der Waals surface area contributed by atoms with Crippen LogP contribution < -0.4 is 29.1 Å². The van der Waals surface area contributed by atoms with Crippen LogP contribution in [0.15, 0.2) is 61.9 Å². The molecule has 0 amide bonds. The molecule has 10 heteroatoms. The Morgan fingerprint density at radius 2 is 1.84 bits per heavy atom. The van der Waals surface area contributed by atoms with E-state index in [1.54, 1.807) is 53.2 Å². The molecule has 4 rings (SSSR count). The van der Waals surface area contributed by atoms with Crippen molar-refractivity contribution in [1.29, 1.82) is 0 Å².